The number of amides is 1. The zero-order chi connectivity index (χ0) is 22.7. The predicted octanol–water partition coefficient (Wildman–Crippen LogP) is 8.09. The fourth-order valence-corrected chi connectivity index (χ4v) is 3.90. The molecule has 1 amide bonds. The van der Waals surface area contributed by atoms with Crippen LogP contribution in [-0.4, -0.2) is 25.5 Å². The van der Waals surface area contributed by atoms with Crippen molar-refractivity contribution in [2.24, 2.45) is 0 Å². The van der Waals surface area contributed by atoms with Gasteiger partial charge < -0.3 is 10.6 Å². The molecule has 0 aromatic rings. The average molecular weight is 437 g/mol. The molecule has 0 heterocycles. The maximum absolute atomic E-state index is 11.8. The Morgan fingerprint density at radius 3 is 1.48 bits per heavy atom. The van der Waals surface area contributed by atoms with Crippen molar-refractivity contribution < 1.29 is 4.79 Å². The number of hydrogen-bond acceptors (Lipinski definition) is 2. The van der Waals surface area contributed by atoms with E-state index in [0.29, 0.717) is 6.54 Å². The lowest BCUT2D eigenvalue weighted by Gasteiger charge is -2.07. The highest BCUT2D eigenvalue weighted by Gasteiger charge is 1.99. The zero-order valence-electron chi connectivity index (χ0n) is 21.3. The molecule has 0 saturated heterocycles. The lowest BCUT2D eigenvalue weighted by molar-refractivity contribution is -0.120. The van der Waals surface area contributed by atoms with E-state index in [2.05, 4.69) is 36.6 Å². The van der Waals surface area contributed by atoms with Crippen molar-refractivity contribution in [2.75, 3.05) is 19.6 Å². The summed E-state index contributed by atoms with van der Waals surface area (Å²) in [6.45, 7) is 6.79. The van der Waals surface area contributed by atoms with Crippen LogP contribution < -0.4 is 10.6 Å². The molecule has 0 aromatic carbocycles. The number of carbonyl (C=O) groups excluding carboxylic acids is 1. The van der Waals surface area contributed by atoms with E-state index in [9.17, 15) is 4.79 Å². The third-order valence-corrected chi connectivity index (χ3v) is 6.00. The van der Waals surface area contributed by atoms with Crippen molar-refractivity contribution in [1.82, 2.24) is 10.6 Å². The minimum Gasteiger partial charge on any atom is -0.355 e. The lowest BCUT2D eigenvalue weighted by Crippen LogP contribution is -2.34. The lowest BCUT2D eigenvalue weighted by atomic mass is 10.1. The van der Waals surface area contributed by atoms with E-state index in [0.717, 1.165) is 19.5 Å². The third-order valence-electron chi connectivity index (χ3n) is 6.00. The predicted molar refractivity (Wildman–Crippen MR) is 139 cm³/mol. The highest BCUT2D eigenvalue weighted by atomic mass is 16.1. The van der Waals surface area contributed by atoms with Crippen LogP contribution in [0.1, 0.15) is 142 Å². The van der Waals surface area contributed by atoms with E-state index in [1.165, 1.54) is 122 Å². The fourth-order valence-electron chi connectivity index (χ4n) is 3.90. The summed E-state index contributed by atoms with van der Waals surface area (Å²) < 4.78 is 0. The number of unbranched alkanes of at least 4 members (excludes halogenated alkanes) is 17. The molecule has 0 spiro atoms. The molecule has 3 heteroatoms. The summed E-state index contributed by atoms with van der Waals surface area (Å²) in [6, 6.07) is 0. The van der Waals surface area contributed by atoms with E-state index >= 15 is 0 Å². The molecule has 0 saturated carbocycles. The van der Waals surface area contributed by atoms with Gasteiger partial charge in [0.2, 0.25) is 5.91 Å². The average Bonchev–Trinajstić information content (AvgIpc) is 2.77. The SMILES string of the molecule is CCCCCCCC/C=C\CCCCCCCCNCC(=O)NCCCCCCCC. The number of hydrogen-bond donors (Lipinski definition) is 2. The van der Waals surface area contributed by atoms with Gasteiger partial charge in [-0.25, -0.2) is 0 Å². The number of nitrogens with one attached hydrogen (secondary N) is 2. The Kier molecular flexibility index (Phi) is 26.5. The Morgan fingerprint density at radius 2 is 0.968 bits per heavy atom. The van der Waals surface area contributed by atoms with E-state index in [4.69, 9.17) is 0 Å². The van der Waals surface area contributed by atoms with Gasteiger partial charge in [-0.05, 0) is 45.1 Å². The van der Waals surface area contributed by atoms with Gasteiger partial charge in [-0.15, -0.1) is 0 Å². The van der Waals surface area contributed by atoms with Crippen molar-refractivity contribution >= 4 is 5.91 Å². The molecule has 2 N–H and O–H groups in total. The summed E-state index contributed by atoms with van der Waals surface area (Å²) in [6.07, 6.45) is 31.1. The van der Waals surface area contributed by atoms with Crippen molar-refractivity contribution in [3.63, 3.8) is 0 Å². The standard InChI is InChI=1S/C28H56N2O/c1-3-5-7-9-11-12-13-14-15-16-17-18-19-20-21-23-25-29-27-28(31)30-26-24-22-10-8-6-4-2/h14-15,29H,3-13,16-27H2,1-2H3,(H,30,31)/b15-14-. The molecule has 0 atom stereocenters. The summed E-state index contributed by atoms with van der Waals surface area (Å²) in [4.78, 5) is 11.8. The molecule has 0 aliphatic rings. The van der Waals surface area contributed by atoms with Crippen LogP contribution in [0, 0.1) is 0 Å². The summed E-state index contributed by atoms with van der Waals surface area (Å²) >= 11 is 0. The molecule has 0 radical (unpaired) electrons. The summed E-state index contributed by atoms with van der Waals surface area (Å²) in [5, 5.41) is 6.31. The number of allylic oxidation sites excluding steroid dienone is 2. The molecule has 0 unspecified atom stereocenters. The van der Waals surface area contributed by atoms with Crippen LogP contribution in [-0.2, 0) is 4.79 Å². The van der Waals surface area contributed by atoms with E-state index < -0.39 is 0 Å². The molecule has 0 aliphatic carbocycles. The Bertz CT molecular complexity index is 381. The van der Waals surface area contributed by atoms with Crippen molar-refractivity contribution in [2.45, 2.75) is 142 Å². The monoisotopic (exact) mass is 436 g/mol. The minimum atomic E-state index is 0.151. The smallest absolute Gasteiger partial charge is 0.233 e. The van der Waals surface area contributed by atoms with Crippen LogP contribution in [0.15, 0.2) is 12.2 Å². The van der Waals surface area contributed by atoms with Gasteiger partial charge in [-0.2, -0.15) is 0 Å². The molecule has 184 valence electrons. The number of carbonyl (C=O) groups is 1. The topological polar surface area (TPSA) is 41.1 Å². The van der Waals surface area contributed by atoms with E-state index in [1.54, 1.807) is 0 Å². The van der Waals surface area contributed by atoms with E-state index in [1.807, 2.05) is 0 Å². The van der Waals surface area contributed by atoms with Gasteiger partial charge in [0.05, 0.1) is 6.54 Å². The Balaban J connectivity index is 3.17. The maximum Gasteiger partial charge on any atom is 0.233 e. The van der Waals surface area contributed by atoms with Crippen LogP contribution in [0.5, 0.6) is 0 Å². The second kappa shape index (κ2) is 27.2. The van der Waals surface area contributed by atoms with Gasteiger partial charge >= 0.3 is 0 Å². The first-order valence-electron chi connectivity index (χ1n) is 13.9. The van der Waals surface area contributed by atoms with Crippen molar-refractivity contribution in [1.29, 1.82) is 0 Å². The first-order valence-corrected chi connectivity index (χ1v) is 13.9. The molecule has 0 fully saturated rings. The van der Waals surface area contributed by atoms with E-state index in [-0.39, 0.29) is 5.91 Å². The van der Waals surface area contributed by atoms with Crippen LogP contribution >= 0.6 is 0 Å². The molecule has 0 aromatic heterocycles. The van der Waals surface area contributed by atoms with Gasteiger partial charge in [-0.3, -0.25) is 4.79 Å². The second-order valence-electron chi connectivity index (χ2n) is 9.23. The molecular formula is C28H56N2O. The van der Waals surface area contributed by atoms with Gasteiger partial charge in [0.15, 0.2) is 0 Å². The summed E-state index contributed by atoms with van der Waals surface area (Å²) in [5.41, 5.74) is 0. The number of rotatable bonds is 25. The van der Waals surface area contributed by atoms with Crippen LogP contribution in [0.2, 0.25) is 0 Å². The van der Waals surface area contributed by atoms with Crippen molar-refractivity contribution in [3.8, 4) is 0 Å². The summed E-state index contributed by atoms with van der Waals surface area (Å²) in [5.74, 6) is 0.151. The largest absolute Gasteiger partial charge is 0.355 e. The second-order valence-corrected chi connectivity index (χ2v) is 9.23. The minimum absolute atomic E-state index is 0.151. The van der Waals surface area contributed by atoms with Gasteiger partial charge in [0.1, 0.15) is 0 Å². The Morgan fingerprint density at radius 1 is 0.548 bits per heavy atom. The van der Waals surface area contributed by atoms with Gasteiger partial charge in [0, 0.05) is 6.54 Å². The molecule has 0 rings (SSSR count). The van der Waals surface area contributed by atoms with Crippen molar-refractivity contribution in [3.05, 3.63) is 12.2 Å². The first-order chi connectivity index (χ1) is 15.3. The first kappa shape index (κ1) is 30.2. The van der Waals surface area contributed by atoms with Crippen LogP contribution in [0.3, 0.4) is 0 Å². The normalized spacial score (nSPS) is 11.4. The Labute approximate surface area is 195 Å². The summed E-state index contributed by atoms with van der Waals surface area (Å²) in [7, 11) is 0. The molecule has 0 aliphatic heterocycles. The van der Waals surface area contributed by atoms with Crippen LogP contribution in [0.4, 0.5) is 0 Å². The van der Waals surface area contributed by atoms with Crippen LogP contribution in [0.25, 0.3) is 0 Å². The van der Waals surface area contributed by atoms with Gasteiger partial charge in [0.25, 0.3) is 0 Å². The molecule has 0 bridgehead atoms. The Hall–Kier alpha value is -0.830. The third kappa shape index (κ3) is 27.1. The molecule has 3 nitrogen and oxygen atoms in total. The maximum atomic E-state index is 11.8. The quantitative estimate of drug-likeness (QED) is 0.112. The highest BCUT2D eigenvalue weighted by molar-refractivity contribution is 5.77. The fraction of sp³-hybridized carbons (Fsp3) is 0.893. The molecule has 31 heavy (non-hydrogen) atoms. The zero-order valence-corrected chi connectivity index (χ0v) is 21.3. The molecular weight excluding hydrogens is 380 g/mol. The van der Waals surface area contributed by atoms with Gasteiger partial charge in [-0.1, -0.05) is 116 Å². The highest BCUT2D eigenvalue weighted by Crippen LogP contribution is 2.09.